The molecule has 0 aliphatic heterocycles. The van der Waals surface area contributed by atoms with Crippen molar-refractivity contribution in [1.82, 2.24) is 4.98 Å². The zero-order valence-corrected chi connectivity index (χ0v) is 6.85. The van der Waals surface area contributed by atoms with E-state index in [2.05, 4.69) is 4.98 Å². The van der Waals surface area contributed by atoms with Gasteiger partial charge in [-0.3, -0.25) is 0 Å². The van der Waals surface area contributed by atoms with Crippen LogP contribution in [0.5, 0.6) is 0 Å². The molecule has 3 nitrogen and oxygen atoms in total. The monoisotopic (exact) mass is 158 g/mol. The van der Waals surface area contributed by atoms with E-state index in [1.165, 1.54) is 11.3 Å². The molecule has 0 aromatic carbocycles. The summed E-state index contributed by atoms with van der Waals surface area (Å²) < 4.78 is 0. The van der Waals surface area contributed by atoms with E-state index in [-0.39, 0.29) is 6.61 Å². The summed E-state index contributed by atoms with van der Waals surface area (Å²) in [5.74, 6) is 0. The largest absolute Gasteiger partial charge is 0.389 e. The number of aliphatic hydroxyl groups is 1. The minimum atomic E-state index is 0.0402. The maximum atomic E-state index is 8.66. The molecule has 0 fully saturated rings. The summed E-state index contributed by atoms with van der Waals surface area (Å²) in [7, 11) is 3.91. The Kier molecular flexibility index (Phi) is 2.24. The maximum absolute atomic E-state index is 8.66. The van der Waals surface area contributed by atoms with Crippen LogP contribution in [0.2, 0.25) is 0 Å². The van der Waals surface area contributed by atoms with E-state index < -0.39 is 0 Å². The molecule has 56 valence electrons. The van der Waals surface area contributed by atoms with Gasteiger partial charge in [0.1, 0.15) is 10.0 Å². The molecule has 10 heavy (non-hydrogen) atoms. The Morgan fingerprint density at radius 3 is 2.70 bits per heavy atom. The Hall–Kier alpha value is -0.610. The Bertz CT molecular complexity index is 209. The number of hydrogen-bond acceptors (Lipinski definition) is 4. The molecular weight excluding hydrogens is 148 g/mol. The number of aliphatic hydroxyl groups excluding tert-OH is 1. The third kappa shape index (κ3) is 1.46. The van der Waals surface area contributed by atoms with Gasteiger partial charge < -0.3 is 10.0 Å². The van der Waals surface area contributed by atoms with Crippen LogP contribution in [0.4, 0.5) is 5.00 Å². The van der Waals surface area contributed by atoms with Crippen LogP contribution < -0.4 is 4.90 Å². The molecule has 0 spiro atoms. The minimum absolute atomic E-state index is 0.0402. The normalized spacial score (nSPS) is 9.90. The van der Waals surface area contributed by atoms with Crippen LogP contribution in [-0.4, -0.2) is 24.2 Å². The lowest BCUT2D eigenvalue weighted by Gasteiger charge is -2.05. The third-order valence-electron chi connectivity index (χ3n) is 1.12. The number of hydrogen-bond donors (Lipinski definition) is 1. The molecule has 1 aromatic heterocycles. The first-order valence-electron chi connectivity index (χ1n) is 2.97. The molecule has 0 radical (unpaired) electrons. The third-order valence-corrected chi connectivity index (χ3v) is 2.27. The summed E-state index contributed by atoms with van der Waals surface area (Å²) in [6.07, 6.45) is 1.76. The summed E-state index contributed by atoms with van der Waals surface area (Å²) in [5, 5.41) is 10.5. The summed E-state index contributed by atoms with van der Waals surface area (Å²) in [4.78, 5) is 5.95. The van der Waals surface area contributed by atoms with E-state index in [0.29, 0.717) is 0 Å². The molecule has 1 rings (SSSR count). The molecular formula is C6H10N2OS. The van der Waals surface area contributed by atoms with Gasteiger partial charge in [0.15, 0.2) is 0 Å². The van der Waals surface area contributed by atoms with Gasteiger partial charge in [0.2, 0.25) is 0 Å². The van der Waals surface area contributed by atoms with Gasteiger partial charge in [-0.1, -0.05) is 11.3 Å². The first-order valence-corrected chi connectivity index (χ1v) is 3.78. The molecule has 1 aromatic rings. The quantitative estimate of drug-likeness (QED) is 0.688. The van der Waals surface area contributed by atoms with Crippen molar-refractivity contribution in [3.8, 4) is 0 Å². The van der Waals surface area contributed by atoms with E-state index in [0.717, 1.165) is 10.0 Å². The number of rotatable bonds is 2. The van der Waals surface area contributed by atoms with Crippen molar-refractivity contribution in [3.05, 3.63) is 11.2 Å². The van der Waals surface area contributed by atoms with Crippen molar-refractivity contribution in [2.75, 3.05) is 19.0 Å². The van der Waals surface area contributed by atoms with Crippen molar-refractivity contribution >= 4 is 16.3 Å². The molecule has 0 unspecified atom stereocenters. The number of aromatic nitrogens is 1. The maximum Gasteiger partial charge on any atom is 0.120 e. The van der Waals surface area contributed by atoms with Crippen LogP contribution in [0.3, 0.4) is 0 Å². The van der Waals surface area contributed by atoms with Crippen molar-refractivity contribution in [3.63, 3.8) is 0 Å². The topological polar surface area (TPSA) is 36.4 Å². The average molecular weight is 158 g/mol. The Balaban J connectivity index is 2.78. The van der Waals surface area contributed by atoms with Gasteiger partial charge in [0.05, 0.1) is 12.8 Å². The molecule has 1 heterocycles. The van der Waals surface area contributed by atoms with E-state index in [1.807, 2.05) is 19.0 Å². The van der Waals surface area contributed by atoms with Crippen LogP contribution in [0.1, 0.15) is 5.01 Å². The fourth-order valence-electron chi connectivity index (χ4n) is 0.580. The van der Waals surface area contributed by atoms with E-state index in [9.17, 15) is 0 Å². The highest BCUT2D eigenvalue weighted by atomic mass is 32.1. The van der Waals surface area contributed by atoms with E-state index in [1.54, 1.807) is 6.20 Å². The molecule has 0 amide bonds. The first-order chi connectivity index (χ1) is 4.74. The predicted octanol–water partition coefficient (Wildman–Crippen LogP) is 0.701. The molecule has 0 aliphatic carbocycles. The van der Waals surface area contributed by atoms with Crippen molar-refractivity contribution in [1.29, 1.82) is 0 Å². The van der Waals surface area contributed by atoms with Crippen molar-refractivity contribution < 1.29 is 5.11 Å². The lowest BCUT2D eigenvalue weighted by Crippen LogP contribution is -2.05. The van der Waals surface area contributed by atoms with Gasteiger partial charge in [-0.05, 0) is 0 Å². The van der Waals surface area contributed by atoms with Crippen LogP contribution in [0, 0.1) is 0 Å². The highest BCUT2D eigenvalue weighted by molar-refractivity contribution is 7.15. The zero-order valence-electron chi connectivity index (χ0n) is 6.03. The summed E-state index contributed by atoms with van der Waals surface area (Å²) >= 11 is 1.51. The number of thiazole rings is 1. The highest BCUT2D eigenvalue weighted by Crippen LogP contribution is 2.20. The smallest absolute Gasteiger partial charge is 0.120 e. The Morgan fingerprint density at radius 1 is 1.70 bits per heavy atom. The van der Waals surface area contributed by atoms with E-state index >= 15 is 0 Å². The average Bonchev–Trinajstić information content (AvgIpc) is 2.34. The Labute approximate surface area is 63.9 Å². The Morgan fingerprint density at radius 2 is 2.40 bits per heavy atom. The molecule has 4 heteroatoms. The molecule has 0 saturated carbocycles. The van der Waals surface area contributed by atoms with E-state index in [4.69, 9.17) is 5.11 Å². The molecule has 0 bridgehead atoms. The summed E-state index contributed by atoms with van der Waals surface area (Å²) in [5.41, 5.74) is 0. The first kappa shape index (κ1) is 7.50. The SMILES string of the molecule is CN(C)c1cnc(CO)s1. The van der Waals surface area contributed by atoms with Crippen molar-refractivity contribution in [2.45, 2.75) is 6.61 Å². The lowest BCUT2D eigenvalue weighted by molar-refractivity contribution is 0.281. The molecule has 0 saturated heterocycles. The second kappa shape index (κ2) is 2.98. The number of nitrogens with zero attached hydrogens (tertiary/aromatic N) is 2. The van der Waals surface area contributed by atoms with Gasteiger partial charge in [-0.25, -0.2) is 4.98 Å². The lowest BCUT2D eigenvalue weighted by atomic mass is 10.7. The predicted molar refractivity (Wildman–Crippen MR) is 42.4 cm³/mol. The standard InChI is InChI=1S/C6H10N2OS/c1-8(2)6-3-7-5(4-9)10-6/h3,9H,4H2,1-2H3. The number of anilines is 1. The highest BCUT2D eigenvalue weighted by Gasteiger charge is 2.00. The van der Waals surface area contributed by atoms with Gasteiger partial charge >= 0.3 is 0 Å². The summed E-state index contributed by atoms with van der Waals surface area (Å²) in [6.45, 7) is 0.0402. The minimum Gasteiger partial charge on any atom is -0.389 e. The molecule has 1 N–H and O–H groups in total. The fourth-order valence-corrected chi connectivity index (χ4v) is 1.28. The second-order valence-corrected chi connectivity index (χ2v) is 3.24. The van der Waals surface area contributed by atoms with Gasteiger partial charge in [-0.2, -0.15) is 0 Å². The molecule has 0 atom stereocenters. The molecule has 0 aliphatic rings. The van der Waals surface area contributed by atoms with Crippen LogP contribution >= 0.6 is 11.3 Å². The summed E-state index contributed by atoms with van der Waals surface area (Å²) in [6, 6.07) is 0. The van der Waals surface area contributed by atoms with Crippen LogP contribution in [0.15, 0.2) is 6.20 Å². The zero-order chi connectivity index (χ0) is 7.56. The van der Waals surface area contributed by atoms with Gasteiger partial charge in [0, 0.05) is 14.1 Å². The second-order valence-electron chi connectivity index (χ2n) is 2.14. The fraction of sp³-hybridized carbons (Fsp3) is 0.500. The van der Waals surface area contributed by atoms with Gasteiger partial charge in [-0.15, -0.1) is 0 Å². The van der Waals surface area contributed by atoms with Crippen molar-refractivity contribution in [2.24, 2.45) is 0 Å². The van der Waals surface area contributed by atoms with Crippen LogP contribution in [-0.2, 0) is 6.61 Å². The van der Waals surface area contributed by atoms with Crippen LogP contribution in [0.25, 0.3) is 0 Å². The van der Waals surface area contributed by atoms with Gasteiger partial charge in [0.25, 0.3) is 0 Å².